The maximum Gasteiger partial charge on any atom is 0.0243 e. The van der Waals surface area contributed by atoms with E-state index in [2.05, 4.69) is 144 Å². The fourth-order valence-corrected chi connectivity index (χ4v) is 6.14. The molecule has 4 aromatic rings. The van der Waals surface area contributed by atoms with Gasteiger partial charge in [0.1, 0.15) is 0 Å². The zero-order valence-corrected chi connectivity index (χ0v) is 24.0. The normalized spacial score (nSPS) is 16.2. The van der Waals surface area contributed by atoms with E-state index in [1.165, 1.54) is 57.3 Å². The second-order valence-corrected chi connectivity index (χ2v) is 12.4. The third-order valence-corrected chi connectivity index (χ3v) is 9.03. The van der Waals surface area contributed by atoms with Gasteiger partial charge in [-0.05, 0) is 66.6 Å². The van der Waals surface area contributed by atoms with E-state index >= 15 is 0 Å². The standard InChI is InChI=1S/C37H43N/c1-26-9-17-30(18-10-26)36(3,4)32-21-13-28(14-22-32)35(34-8-7-25-38-34)29-15-23-33(24-16-29)37(5,6)31-19-11-27(2)12-20-31/h9-24,34-35,38H,7-8,25H2,1-6H3/t34-/m0/s1. The Bertz CT molecular complexity index is 1230. The van der Waals surface area contributed by atoms with Gasteiger partial charge >= 0.3 is 0 Å². The van der Waals surface area contributed by atoms with Gasteiger partial charge in [0, 0.05) is 22.8 Å². The Morgan fingerprint density at radius 3 is 1.21 bits per heavy atom. The van der Waals surface area contributed by atoms with Crippen molar-refractivity contribution in [3.63, 3.8) is 0 Å². The fourth-order valence-electron chi connectivity index (χ4n) is 6.14. The van der Waals surface area contributed by atoms with E-state index in [9.17, 15) is 0 Å². The summed E-state index contributed by atoms with van der Waals surface area (Å²) in [6, 6.07) is 37.4. The van der Waals surface area contributed by atoms with Crippen molar-refractivity contribution in [2.45, 2.75) is 77.2 Å². The van der Waals surface area contributed by atoms with Gasteiger partial charge in [0.15, 0.2) is 0 Å². The Morgan fingerprint density at radius 1 is 0.553 bits per heavy atom. The van der Waals surface area contributed by atoms with Crippen molar-refractivity contribution in [3.05, 3.63) is 142 Å². The first-order valence-electron chi connectivity index (χ1n) is 14.2. The number of hydrogen-bond acceptors (Lipinski definition) is 1. The first kappa shape index (κ1) is 26.4. The molecule has 1 atom stereocenters. The van der Waals surface area contributed by atoms with Crippen molar-refractivity contribution in [1.29, 1.82) is 0 Å². The molecule has 1 saturated heterocycles. The summed E-state index contributed by atoms with van der Waals surface area (Å²) >= 11 is 0. The molecule has 0 spiro atoms. The van der Waals surface area contributed by atoms with Crippen molar-refractivity contribution in [1.82, 2.24) is 5.32 Å². The maximum atomic E-state index is 3.81. The van der Waals surface area contributed by atoms with Crippen LogP contribution in [-0.4, -0.2) is 12.6 Å². The fraction of sp³-hybridized carbons (Fsp3) is 0.351. The highest BCUT2D eigenvalue weighted by Crippen LogP contribution is 2.38. The van der Waals surface area contributed by atoms with Crippen LogP contribution in [-0.2, 0) is 10.8 Å². The largest absolute Gasteiger partial charge is 0.313 e. The minimum atomic E-state index is -0.0312. The zero-order chi connectivity index (χ0) is 26.9. The van der Waals surface area contributed by atoms with Gasteiger partial charge in [-0.1, -0.05) is 136 Å². The molecule has 4 aromatic carbocycles. The Balaban J connectivity index is 1.44. The van der Waals surface area contributed by atoms with E-state index in [-0.39, 0.29) is 10.8 Å². The summed E-state index contributed by atoms with van der Waals surface area (Å²) in [4.78, 5) is 0. The third kappa shape index (κ3) is 5.22. The molecule has 0 amide bonds. The lowest BCUT2D eigenvalue weighted by Gasteiger charge is -2.30. The van der Waals surface area contributed by atoms with Crippen molar-refractivity contribution < 1.29 is 0 Å². The van der Waals surface area contributed by atoms with Crippen LogP contribution in [0.25, 0.3) is 0 Å². The Kier molecular flexibility index (Phi) is 7.34. The Hall–Kier alpha value is -3.16. The minimum absolute atomic E-state index is 0.0312. The lowest BCUT2D eigenvalue weighted by atomic mass is 9.75. The van der Waals surface area contributed by atoms with E-state index < -0.39 is 0 Å². The van der Waals surface area contributed by atoms with Gasteiger partial charge in [-0.25, -0.2) is 0 Å². The van der Waals surface area contributed by atoms with Crippen LogP contribution in [0.2, 0.25) is 0 Å². The van der Waals surface area contributed by atoms with Gasteiger partial charge in [-0.15, -0.1) is 0 Å². The van der Waals surface area contributed by atoms with Crippen molar-refractivity contribution >= 4 is 0 Å². The summed E-state index contributed by atoms with van der Waals surface area (Å²) in [6.07, 6.45) is 2.47. The molecule has 0 bridgehead atoms. The Morgan fingerprint density at radius 2 is 0.895 bits per heavy atom. The highest BCUT2D eigenvalue weighted by molar-refractivity contribution is 5.45. The van der Waals surface area contributed by atoms with Crippen LogP contribution < -0.4 is 5.32 Å². The van der Waals surface area contributed by atoms with E-state index in [1.54, 1.807) is 0 Å². The summed E-state index contributed by atoms with van der Waals surface area (Å²) in [6.45, 7) is 14.7. The molecule has 1 heteroatoms. The van der Waals surface area contributed by atoms with Gasteiger partial charge in [0.05, 0.1) is 0 Å². The van der Waals surface area contributed by atoms with Crippen LogP contribution in [0.4, 0.5) is 0 Å². The van der Waals surface area contributed by atoms with Crippen LogP contribution in [0.1, 0.15) is 91.0 Å². The lowest BCUT2D eigenvalue weighted by Crippen LogP contribution is -2.30. The van der Waals surface area contributed by atoms with Crippen LogP contribution >= 0.6 is 0 Å². The molecule has 0 aliphatic carbocycles. The number of aryl methyl sites for hydroxylation is 2. The molecule has 0 saturated carbocycles. The lowest BCUT2D eigenvalue weighted by molar-refractivity contribution is 0.539. The monoisotopic (exact) mass is 501 g/mol. The first-order valence-corrected chi connectivity index (χ1v) is 14.2. The number of rotatable bonds is 7. The highest BCUT2D eigenvalue weighted by Gasteiger charge is 2.30. The number of nitrogens with one attached hydrogen (secondary N) is 1. The summed E-state index contributed by atoms with van der Waals surface area (Å²) in [7, 11) is 0. The predicted molar refractivity (Wildman–Crippen MR) is 162 cm³/mol. The van der Waals surface area contributed by atoms with Crippen LogP contribution in [0.5, 0.6) is 0 Å². The van der Waals surface area contributed by atoms with Crippen LogP contribution in [0.3, 0.4) is 0 Å². The molecule has 1 fully saturated rings. The molecule has 38 heavy (non-hydrogen) atoms. The second-order valence-electron chi connectivity index (χ2n) is 12.4. The molecular weight excluding hydrogens is 458 g/mol. The summed E-state index contributed by atoms with van der Waals surface area (Å²) in [5.74, 6) is 0.352. The number of hydrogen-bond donors (Lipinski definition) is 1. The van der Waals surface area contributed by atoms with Crippen LogP contribution in [0.15, 0.2) is 97.1 Å². The molecule has 0 unspecified atom stereocenters. The molecule has 0 aromatic heterocycles. The smallest absolute Gasteiger partial charge is 0.0243 e. The van der Waals surface area contributed by atoms with Gasteiger partial charge in [-0.2, -0.15) is 0 Å². The van der Waals surface area contributed by atoms with E-state index in [4.69, 9.17) is 0 Å². The zero-order valence-electron chi connectivity index (χ0n) is 24.0. The van der Waals surface area contributed by atoms with Gasteiger partial charge in [-0.3, -0.25) is 0 Å². The van der Waals surface area contributed by atoms with Crippen molar-refractivity contribution in [2.24, 2.45) is 0 Å². The average Bonchev–Trinajstić information content (AvgIpc) is 3.44. The van der Waals surface area contributed by atoms with E-state index in [0.29, 0.717) is 12.0 Å². The van der Waals surface area contributed by atoms with Crippen LogP contribution in [0, 0.1) is 13.8 Å². The summed E-state index contributed by atoms with van der Waals surface area (Å²) in [5, 5.41) is 3.81. The average molecular weight is 502 g/mol. The summed E-state index contributed by atoms with van der Waals surface area (Å²) in [5.41, 5.74) is 10.8. The van der Waals surface area contributed by atoms with Gasteiger partial charge in [0.2, 0.25) is 0 Å². The van der Waals surface area contributed by atoms with E-state index in [0.717, 1.165) is 6.54 Å². The van der Waals surface area contributed by atoms with Gasteiger partial charge < -0.3 is 5.32 Å². The highest BCUT2D eigenvalue weighted by atomic mass is 14.9. The molecular formula is C37H43N. The van der Waals surface area contributed by atoms with Gasteiger partial charge in [0.25, 0.3) is 0 Å². The SMILES string of the molecule is Cc1ccc(C(C)(C)c2ccc(C(c3ccc(C(C)(C)c4ccc(C)cc4)cc3)[C@@H]3CCCN3)cc2)cc1. The molecule has 196 valence electrons. The first-order chi connectivity index (χ1) is 18.2. The molecule has 1 heterocycles. The van der Waals surface area contributed by atoms with E-state index in [1.807, 2.05) is 0 Å². The minimum Gasteiger partial charge on any atom is -0.313 e. The molecule has 5 rings (SSSR count). The quantitative estimate of drug-likeness (QED) is 0.267. The molecule has 1 nitrogen and oxygen atoms in total. The molecule has 1 aliphatic rings. The number of benzene rings is 4. The second kappa shape index (κ2) is 10.5. The van der Waals surface area contributed by atoms with Crippen molar-refractivity contribution in [2.75, 3.05) is 6.54 Å². The maximum absolute atomic E-state index is 3.81. The molecule has 1 aliphatic heterocycles. The molecule has 0 radical (unpaired) electrons. The molecule has 1 N–H and O–H groups in total. The van der Waals surface area contributed by atoms with Crippen molar-refractivity contribution in [3.8, 4) is 0 Å². The third-order valence-electron chi connectivity index (χ3n) is 9.03. The topological polar surface area (TPSA) is 12.0 Å². The Labute approximate surface area is 230 Å². The summed E-state index contributed by atoms with van der Waals surface area (Å²) < 4.78 is 0. The predicted octanol–water partition coefficient (Wildman–Crippen LogP) is 8.84.